The molecule has 0 aliphatic heterocycles. The fraction of sp³-hybridized carbons (Fsp3) is 0.222. The number of nitrogens with one attached hydrogen (secondary N) is 1. The minimum atomic E-state index is 0.626. The van der Waals surface area contributed by atoms with E-state index in [1.54, 1.807) is 0 Å². The highest BCUT2D eigenvalue weighted by Gasteiger charge is 2.27. The maximum Gasteiger partial charge on any atom is 0.105 e. The zero-order valence-electron chi connectivity index (χ0n) is 12.6. The van der Waals surface area contributed by atoms with Gasteiger partial charge in [-0.3, -0.25) is 5.10 Å². The molecule has 0 atom stereocenters. The number of benzene rings is 1. The van der Waals surface area contributed by atoms with Gasteiger partial charge in [0.25, 0.3) is 0 Å². The molecule has 0 saturated carbocycles. The highest BCUT2D eigenvalue weighted by Crippen LogP contribution is 2.44. The summed E-state index contributed by atoms with van der Waals surface area (Å²) in [5.74, 6) is 0. The number of hydrogen-bond donors (Lipinski definition) is 2. The third-order valence-corrected chi connectivity index (χ3v) is 5.49. The van der Waals surface area contributed by atoms with E-state index in [0.717, 1.165) is 41.8 Å². The molecule has 5 heteroatoms. The first-order chi connectivity index (χ1) is 11.3. The number of fused-ring (bicyclic) bond motifs is 3. The van der Waals surface area contributed by atoms with E-state index in [1.807, 2.05) is 6.07 Å². The smallest absolute Gasteiger partial charge is 0.105 e. The number of aromatic nitrogens is 2. The van der Waals surface area contributed by atoms with E-state index in [-0.39, 0.29) is 0 Å². The first-order valence-electron chi connectivity index (χ1n) is 7.69. The number of anilines is 1. The Bertz CT molecular complexity index is 899. The Kier molecular flexibility index (Phi) is 3.40. The van der Waals surface area contributed by atoms with Gasteiger partial charge >= 0.3 is 0 Å². The Morgan fingerprint density at radius 2 is 2.04 bits per heavy atom. The lowest BCUT2D eigenvalue weighted by Crippen LogP contribution is -2.03. The zero-order chi connectivity index (χ0) is 15.8. The van der Waals surface area contributed by atoms with Crippen molar-refractivity contribution < 1.29 is 0 Å². The van der Waals surface area contributed by atoms with Crippen LogP contribution in [0.15, 0.2) is 30.3 Å². The Hall–Kier alpha value is -2.58. The summed E-state index contributed by atoms with van der Waals surface area (Å²) >= 11 is 1.52. The molecule has 4 rings (SSSR count). The third kappa shape index (κ3) is 2.32. The predicted molar refractivity (Wildman–Crippen MR) is 92.3 cm³/mol. The van der Waals surface area contributed by atoms with E-state index in [0.29, 0.717) is 10.6 Å². The molecule has 1 aliphatic carbocycles. The van der Waals surface area contributed by atoms with Crippen molar-refractivity contribution in [2.75, 3.05) is 5.73 Å². The van der Waals surface area contributed by atoms with Crippen LogP contribution in [0.2, 0.25) is 0 Å². The van der Waals surface area contributed by atoms with Crippen molar-refractivity contribution in [3.05, 3.63) is 58.4 Å². The van der Waals surface area contributed by atoms with Crippen molar-refractivity contribution >= 4 is 16.3 Å². The van der Waals surface area contributed by atoms with Crippen molar-refractivity contribution in [3.63, 3.8) is 0 Å². The normalized spacial score (nSPS) is 12.5. The van der Waals surface area contributed by atoms with Crippen LogP contribution < -0.4 is 5.73 Å². The van der Waals surface area contributed by atoms with Crippen molar-refractivity contribution in [2.24, 2.45) is 0 Å². The van der Waals surface area contributed by atoms with Gasteiger partial charge in [0.15, 0.2) is 0 Å². The van der Waals surface area contributed by atoms with Crippen LogP contribution in [0.3, 0.4) is 0 Å². The second kappa shape index (κ2) is 5.56. The summed E-state index contributed by atoms with van der Waals surface area (Å²) in [4.78, 5) is 1.14. The molecule has 114 valence electrons. The van der Waals surface area contributed by atoms with E-state index in [9.17, 15) is 5.26 Å². The van der Waals surface area contributed by atoms with Crippen LogP contribution in [0.1, 0.15) is 28.1 Å². The van der Waals surface area contributed by atoms with Crippen LogP contribution >= 0.6 is 11.3 Å². The largest absolute Gasteiger partial charge is 0.389 e. The molecule has 3 N–H and O–H groups in total. The second-order valence-electron chi connectivity index (χ2n) is 5.77. The summed E-state index contributed by atoms with van der Waals surface area (Å²) in [5, 5.41) is 17.7. The number of nitrogen functional groups attached to an aromatic ring is 1. The van der Waals surface area contributed by atoms with Crippen LogP contribution in [-0.2, 0) is 25.7 Å². The average molecular weight is 320 g/mol. The summed E-state index contributed by atoms with van der Waals surface area (Å²) in [7, 11) is 0. The number of aromatic amines is 1. The van der Waals surface area contributed by atoms with Crippen molar-refractivity contribution in [1.82, 2.24) is 10.2 Å². The molecule has 2 aromatic heterocycles. The van der Waals surface area contributed by atoms with Crippen LogP contribution in [-0.4, -0.2) is 10.2 Å². The maximum absolute atomic E-state index is 9.34. The molecule has 23 heavy (non-hydrogen) atoms. The second-order valence-corrected chi connectivity index (χ2v) is 6.82. The van der Waals surface area contributed by atoms with E-state index in [4.69, 9.17) is 5.73 Å². The Morgan fingerprint density at radius 3 is 2.83 bits per heavy atom. The fourth-order valence-electron chi connectivity index (χ4n) is 3.26. The number of nitrogens with zero attached hydrogens (tertiary/aromatic N) is 2. The molecule has 0 amide bonds. The van der Waals surface area contributed by atoms with Crippen LogP contribution in [0.5, 0.6) is 0 Å². The molecule has 0 spiro atoms. The standard InChI is InChI=1S/C18H16N4S/c19-10-13-12-7-9-15-16(17(12)23-18(13)20)14(21-22-15)8-6-11-4-2-1-3-5-11/h1-5H,6-9,20H2,(H,21,22). The van der Waals surface area contributed by atoms with E-state index < -0.39 is 0 Å². The first kappa shape index (κ1) is 14.0. The molecule has 0 unspecified atom stereocenters. The van der Waals surface area contributed by atoms with Crippen molar-refractivity contribution in [3.8, 4) is 16.5 Å². The summed E-state index contributed by atoms with van der Waals surface area (Å²) in [6, 6.07) is 12.7. The van der Waals surface area contributed by atoms with Gasteiger partial charge in [0.1, 0.15) is 11.1 Å². The lowest BCUT2D eigenvalue weighted by atomic mass is 9.91. The van der Waals surface area contributed by atoms with Gasteiger partial charge in [0.2, 0.25) is 0 Å². The monoisotopic (exact) mass is 320 g/mol. The summed E-state index contributed by atoms with van der Waals surface area (Å²) < 4.78 is 0. The molecular formula is C18H16N4S. The van der Waals surface area contributed by atoms with Gasteiger partial charge < -0.3 is 5.73 Å². The highest BCUT2D eigenvalue weighted by molar-refractivity contribution is 7.19. The van der Waals surface area contributed by atoms with Gasteiger partial charge in [-0.2, -0.15) is 10.4 Å². The topological polar surface area (TPSA) is 78.5 Å². The summed E-state index contributed by atoms with van der Waals surface area (Å²) in [6.45, 7) is 0. The number of nitrogens with two attached hydrogens (primary N) is 1. The molecule has 0 bridgehead atoms. The van der Waals surface area contributed by atoms with Gasteiger partial charge in [0.05, 0.1) is 11.3 Å². The third-order valence-electron chi connectivity index (χ3n) is 4.41. The van der Waals surface area contributed by atoms with Crippen molar-refractivity contribution in [2.45, 2.75) is 25.7 Å². The molecule has 4 nitrogen and oxygen atoms in total. The lowest BCUT2D eigenvalue weighted by Gasteiger charge is -2.13. The molecule has 1 aliphatic rings. The number of hydrogen-bond acceptors (Lipinski definition) is 4. The van der Waals surface area contributed by atoms with Gasteiger partial charge in [-0.25, -0.2) is 0 Å². The van der Waals surface area contributed by atoms with Crippen molar-refractivity contribution in [1.29, 1.82) is 5.26 Å². The number of H-pyrrole nitrogens is 1. The molecular weight excluding hydrogens is 304 g/mol. The Labute approximate surface area is 138 Å². The van der Waals surface area contributed by atoms with Crippen LogP contribution in [0.4, 0.5) is 5.00 Å². The van der Waals surface area contributed by atoms with Gasteiger partial charge in [0, 0.05) is 16.1 Å². The van der Waals surface area contributed by atoms with Crippen LogP contribution in [0.25, 0.3) is 10.4 Å². The van der Waals surface area contributed by atoms with E-state index in [2.05, 4.69) is 40.5 Å². The molecule has 0 saturated heterocycles. The first-order valence-corrected chi connectivity index (χ1v) is 8.51. The molecule has 0 fully saturated rings. The summed E-state index contributed by atoms with van der Waals surface area (Å²) in [6.07, 6.45) is 3.60. The quantitative estimate of drug-likeness (QED) is 0.775. The Balaban J connectivity index is 1.70. The minimum Gasteiger partial charge on any atom is -0.389 e. The number of aryl methyl sites for hydroxylation is 3. The van der Waals surface area contributed by atoms with Gasteiger partial charge in [-0.05, 0) is 36.8 Å². The summed E-state index contributed by atoms with van der Waals surface area (Å²) in [5.41, 5.74) is 12.5. The minimum absolute atomic E-state index is 0.626. The van der Waals surface area contributed by atoms with E-state index >= 15 is 0 Å². The van der Waals surface area contributed by atoms with Gasteiger partial charge in [-0.1, -0.05) is 30.3 Å². The molecule has 2 heterocycles. The lowest BCUT2D eigenvalue weighted by molar-refractivity contribution is 0.867. The molecule has 0 radical (unpaired) electrons. The zero-order valence-corrected chi connectivity index (χ0v) is 13.4. The molecule has 1 aromatic carbocycles. The van der Waals surface area contributed by atoms with E-state index in [1.165, 1.54) is 28.2 Å². The van der Waals surface area contributed by atoms with Crippen LogP contribution in [0, 0.1) is 11.3 Å². The number of nitriles is 1. The van der Waals surface area contributed by atoms with Gasteiger partial charge in [-0.15, -0.1) is 11.3 Å². The maximum atomic E-state index is 9.34. The fourth-order valence-corrected chi connectivity index (χ4v) is 4.42. The SMILES string of the molecule is N#Cc1c(N)sc2c1CCc1[nH]nc(CCc3ccccc3)c1-2. The number of thiophene rings is 1. The predicted octanol–water partition coefficient (Wildman–Crippen LogP) is 3.48. The molecule has 3 aromatic rings. The average Bonchev–Trinajstić information content (AvgIpc) is 3.13. The Morgan fingerprint density at radius 1 is 1.22 bits per heavy atom. The number of rotatable bonds is 3. The highest BCUT2D eigenvalue weighted by atomic mass is 32.1.